The molecule has 0 bridgehead atoms. The van der Waals surface area contributed by atoms with Crippen molar-refractivity contribution >= 4 is 11.7 Å². The summed E-state index contributed by atoms with van der Waals surface area (Å²) in [6.45, 7) is 9.69. The Hall–Kier alpha value is -3.32. The molecule has 0 saturated carbocycles. The monoisotopic (exact) mass is 434 g/mol. The van der Waals surface area contributed by atoms with Gasteiger partial charge in [0.2, 0.25) is 5.89 Å². The van der Waals surface area contributed by atoms with Crippen molar-refractivity contribution in [2.75, 3.05) is 38.6 Å². The Morgan fingerprint density at radius 2 is 1.78 bits per heavy atom. The summed E-state index contributed by atoms with van der Waals surface area (Å²) < 4.78 is 11.1. The number of rotatable bonds is 5. The number of oxazole rings is 1. The molecule has 7 nitrogen and oxygen atoms in total. The quantitative estimate of drug-likeness (QED) is 0.634. The van der Waals surface area contributed by atoms with Gasteiger partial charge in [0.05, 0.1) is 12.8 Å². The zero-order valence-electron chi connectivity index (χ0n) is 19.1. The number of ether oxygens (including phenoxy) is 1. The van der Waals surface area contributed by atoms with E-state index in [9.17, 15) is 4.79 Å². The zero-order valence-corrected chi connectivity index (χ0v) is 19.1. The summed E-state index contributed by atoms with van der Waals surface area (Å²) in [6, 6.07) is 13.6. The van der Waals surface area contributed by atoms with Crippen LogP contribution in [-0.4, -0.2) is 54.1 Å². The number of aromatic nitrogens is 1. The number of aryl methyl sites for hydroxylation is 2. The summed E-state index contributed by atoms with van der Waals surface area (Å²) in [5.74, 6) is 2.24. The van der Waals surface area contributed by atoms with Crippen molar-refractivity contribution in [3.63, 3.8) is 0 Å². The first-order valence-electron chi connectivity index (χ1n) is 10.9. The number of methoxy groups -OCH3 is 1. The highest BCUT2D eigenvalue weighted by molar-refractivity contribution is 5.90. The van der Waals surface area contributed by atoms with Crippen LogP contribution in [0.2, 0.25) is 0 Å². The average molecular weight is 435 g/mol. The lowest BCUT2D eigenvalue weighted by Crippen LogP contribution is -2.49. The highest BCUT2D eigenvalue weighted by atomic mass is 16.5. The third-order valence-electron chi connectivity index (χ3n) is 6.11. The molecule has 1 saturated heterocycles. The zero-order chi connectivity index (χ0) is 22.7. The molecule has 2 heterocycles. The van der Waals surface area contributed by atoms with Crippen LogP contribution in [-0.2, 0) is 6.54 Å². The van der Waals surface area contributed by atoms with E-state index < -0.39 is 0 Å². The molecule has 0 spiro atoms. The third-order valence-corrected chi connectivity index (χ3v) is 6.11. The van der Waals surface area contributed by atoms with Crippen molar-refractivity contribution < 1.29 is 13.9 Å². The van der Waals surface area contributed by atoms with Gasteiger partial charge in [0.25, 0.3) is 0 Å². The lowest BCUT2D eigenvalue weighted by Gasteiger charge is -2.34. The van der Waals surface area contributed by atoms with Crippen LogP contribution in [0.5, 0.6) is 5.75 Å². The van der Waals surface area contributed by atoms with E-state index in [0.717, 1.165) is 47.1 Å². The van der Waals surface area contributed by atoms with Crippen LogP contribution in [0, 0.1) is 20.8 Å². The van der Waals surface area contributed by atoms with Gasteiger partial charge in [-0.25, -0.2) is 9.78 Å². The number of hydrogen-bond acceptors (Lipinski definition) is 5. The Bertz CT molecular complexity index is 1080. The Morgan fingerprint density at radius 3 is 2.47 bits per heavy atom. The Kier molecular flexibility index (Phi) is 6.46. The van der Waals surface area contributed by atoms with Gasteiger partial charge < -0.3 is 19.4 Å². The molecule has 168 valence electrons. The van der Waals surface area contributed by atoms with Crippen LogP contribution in [0.1, 0.15) is 22.6 Å². The molecule has 1 aliphatic rings. The number of hydrogen-bond donors (Lipinski definition) is 1. The Labute approximate surface area is 189 Å². The maximum absolute atomic E-state index is 12.7. The average Bonchev–Trinajstić information content (AvgIpc) is 3.17. The molecule has 32 heavy (non-hydrogen) atoms. The SMILES string of the molecule is COc1ccc(-c2nc(CN3CCN(C(=O)Nc4cccc(C)c4C)CC3)c(C)o2)cc1. The molecular weight excluding hydrogens is 404 g/mol. The minimum absolute atomic E-state index is 0.0437. The largest absolute Gasteiger partial charge is 0.497 e. The number of piperazine rings is 1. The maximum Gasteiger partial charge on any atom is 0.321 e. The molecule has 2 amide bonds. The third kappa shape index (κ3) is 4.78. The van der Waals surface area contributed by atoms with Gasteiger partial charge in [-0.15, -0.1) is 0 Å². The predicted molar refractivity (Wildman–Crippen MR) is 125 cm³/mol. The molecule has 0 aliphatic carbocycles. The van der Waals surface area contributed by atoms with Gasteiger partial charge in [-0.2, -0.15) is 0 Å². The van der Waals surface area contributed by atoms with E-state index in [1.54, 1.807) is 7.11 Å². The summed E-state index contributed by atoms with van der Waals surface area (Å²) in [5, 5.41) is 3.06. The van der Waals surface area contributed by atoms with Crippen molar-refractivity contribution in [2.24, 2.45) is 0 Å². The molecule has 3 aromatic rings. The van der Waals surface area contributed by atoms with Gasteiger partial charge in [-0.1, -0.05) is 12.1 Å². The van der Waals surface area contributed by atoms with E-state index in [4.69, 9.17) is 14.1 Å². The van der Waals surface area contributed by atoms with E-state index in [1.807, 2.05) is 55.1 Å². The number of carbonyl (C=O) groups is 1. The molecule has 4 rings (SSSR count). The van der Waals surface area contributed by atoms with Gasteiger partial charge in [0.1, 0.15) is 11.5 Å². The fourth-order valence-corrected chi connectivity index (χ4v) is 3.83. The number of benzene rings is 2. The van der Waals surface area contributed by atoms with E-state index >= 15 is 0 Å². The van der Waals surface area contributed by atoms with Crippen LogP contribution in [0.4, 0.5) is 10.5 Å². The summed E-state index contributed by atoms with van der Waals surface area (Å²) in [7, 11) is 1.65. The number of carbonyl (C=O) groups excluding carboxylic acids is 1. The lowest BCUT2D eigenvalue weighted by atomic mass is 10.1. The van der Waals surface area contributed by atoms with E-state index in [1.165, 1.54) is 5.56 Å². The molecule has 0 atom stereocenters. The highest BCUT2D eigenvalue weighted by Crippen LogP contribution is 2.25. The minimum atomic E-state index is -0.0437. The normalized spacial score (nSPS) is 14.4. The Balaban J connectivity index is 1.33. The maximum atomic E-state index is 12.7. The number of urea groups is 1. The summed E-state index contributed by atoms with van der Waals surface area (Å²) in [6.07, 6.45) is 0. The van der Waals surface area contributed by atoms with Gasteiger partial charge >= 0.3 is 6.03 Å². The van der Waals surface area contributed by atoms with Crippen LogP contribution in [0.3, 0.4) is 0 Å². The molecular formula is C25H30N4O3. The van der Waals surface area contributed by atoms with Gasteiger partial charge in [-0.3, -0.25) is 4.90 Å². The molecule has 1 N–H and O–H groups in total. The fourth-order valence-electron chi connectivity index (χ4n) is 3.83. The van der Waals surface area contributed by atoms with Gasteiger partial charge in [-0.05, 0) is 62.2 Å². The lowest BCUT2D eigenvalue weighted by molar-refractivity contribution is 0.141. The second kappa shape index (κ2) is 9.44. The molecule has 2 aromatic carbocycles. The van der Waals surface area contributed by atoms with Crippen molar-refractivity contribution in [3.8, 4) is 17.2 Å². The first-order chi connectivity index (χ1) is 15.4. The minimum Gasteiger partial charge on any atom is -0.497 e. The molecule has 0 unspecified atom stereocenters. The molecule has 1 aliphatic heterocycles. The van der Waals surface area contributed by atoms with Crippen molar-refractivity contribution in [1.82, 2.24) is 14.8 Å². The predicted octanol–water partition coefficient (Wildman–Crippen LogP) is 4.63. The summed E-state index contributed by atoms with van der Waals surface area (Å²) in [5.41, 5.74) is 5.01. The van der Waals surface area contributed by atoms with Crippen molar-refractivity contribution in [3.05, 3.63) is 65.0 Å². The molecule has 1 aromatic heterocycles. The molecule has 7 heteroatoms. The van der Waals surface area contributed by atoms with Gasteiger partial charge in [0.15, 0.2) is 0 Å². The number of nitrogens with zero attached hydrogens (tertiary/aromatic N) is 3. The van der Waals surface area contributed by atoms with Crippen LogP contribution < -0.4 is 10.1 Å². The van der Waals surface area contributed by atoms with Crippen LogP contribution >= 0.6 is 0 Å². The standard InChI is InChI=1S/C25H30N4O3/c1-17-6-5-7-22(18(17)2)27-25(30)29-14-12-28(13-15-29)16-23-19(3)32-24(26-23)20-8-10-21(31-4)11-9-20/h5-11H,12-16H2,1-4H3,(H,27,30). The van der Waals surface area contributed by atoms with Crippen LogP contribution in [0.25, 0.3) is 11.5 Å². The topological polar surface area (TPSA) is 70.8 Å². The summed E-state index contributed by atoms with van der Waals surface area (Å²) >= 11 is 0. The van der Waals surface area contributed by atoms with Crippen LogP contribution in [0.15, 0.2) is 46.9 Å². The second-order valence-corrected chi connectivity index (χ2v) is 8.19. The van der Waals surface area contributed by atoms with Gasteiger partial charge in [0, 0.05) is 44.0 Å². The second-order valence-electron chi connectivity index (χ2n) is 8.19. The summed E-state index contributed by atoms with van der Waals surface area (Å²) in [4.78, 5) is 21.6. The number of amides is 2. The molecule has 1 fully saturated rings. The van der Waals surface area contributed by atoms with E-state index in [2.05, 4.69) is 23.2 Å². The number of anilines is 1. The van der Waals surface area contributed by atoms with E-state index in [-0.39, 0.29) is 6.03 Å². The highest BCUT2D eigenvalue weighted by Gasteiger charge is 2.23. The van der Waals surface area contributed by atoms with Crippen molar-refractivity contribution in [2.45, 2.75) is 27.3 Å². The Morgan fingerprint density at radius 1 is 1.06 bits per heavy atom. The first-order valence-corrected chi connectivity index (χ1v) is 10.9. The first kappa shape index (κ1) is 21.9. The number of nitrogens with one attached hydrogen (secondary N) is 1. The smallest absolute Gasteiger partial charge is 0.321 e. The molecule has 0 radical (unpaired) electrons. The van der Waals surface area contributed by atoms with E-state index in [0.29, 0.717) is 25.5 Å². The van der Waals surface area contributed by atoms with Crippen molar-refractivity contribution in [1.29, 1.82) is 0 Å². The fraction of sp³-hybridized carbons (Fsp3) is 0.360.